The molecule has 2 saturated heterocycles. The van der Waals surface area contributed by atoms with E-state index < -0.39 is 36.9 Å². The quantitative estimate of drug-likeness (QED) is 0.299. The van der Waals surface area contributed by atoms with E-state index in [0.717, 1.165) is 0 Å². The number of carbonyl (C=O) groups excluding carboxylic acids is 1. The van der Waals surface area contributed by atoms with Crippen LogP contribution in [0.4, 0.5) is 0 Å². The highest BCUT2D eigenvalue weighted by molar-refractivity contribution is 5.73. The van der Waals surface area contributed by atoms with Gasteiger partial charge in [-0.15, -0.1) is 0 Å². The molecular formula is C8H14N2O6. The topological polar surface area (TPSA) is 130 Å². The second-order valence-corrected chi connectivity index (χ2v) is 3.83. The van der Waals surface area contributed by atoms with E-state index in [4.69, 9.17) is 10.5 Å². The maximum atomic E-state index is 10.9. The van der Waals surface area contributed by atoms with Gasteiger partial charge in [0.15, 0.2) is 0 Å². The first kappa shape index (κ1) is 11.7. The third-order valence-electron chi connectivity index (χ3n) is 2.57. The van der Waals surface area contributed by atoms with Crippen LogP contribution in [0.3, 0.4) is 0 Å². The van der Waals surface area contributed by atoms with Crippen molar-refractivity contribution in [2.45, 2.75) is 43.8 Å². The molecule has 1 amide bonds. The van der Waals surface area contributed by atoms with Gasteiger partial charge < -0.3 is 26.0 Å². The van der Waals surface area contributed by atoms with Crippen LogP contribution >= 0.6 is 0 Å². The summed E-state index contributed by atoms with van der Waals surface area (Å²) in [6.07, 6.45) is -4.96. The molecule has 2 heterocycles. The molecule has 2 aliphatic rings. The van der Waals surface area contributed by atoms with Gasteiger partial charge in [0.1, 0.15) is 24.5 Å². The minimum absolute atomic E-state index is 0.368. The Hall–Kier alpha value is -0.770. The van der Waals surface area contributed by atoms with Gasteiger partial charge in [0.25, 0.3) is 6.29 Å². The number of rotatable bonds is 2. The SMILES string of the molecule is CC(=O)N[C@@H]1[C@@H](O)[C@H](O)[C@@H](C2OO2)O[C@H]1N. The molecule has 0 saturated carbocycles. The lowest BCUT2D eigenvalue weighted by Crippen LogP contribution is -2.66. The Labute approximate surface area is 91.2 Å². The minimum Gasteiger partial charge on any atom is -0.388 e. The second kappa shape index (κ2) is 4.24. The average Bonchev–Trinajstić information content (AvgIpc) is 3.01. The first-order valence-electron chi connectivity index (χ1n) is 4.87. The van der Waals surface area contributed by atoms with Crippen molar-refractivity contribution in [3.63, 3.8) is 0 Å². The monoisotopic (exact) mass is 234 g/mol. The van der Waals surface area contributed by atoms with Crippen LogP contribution in [0.15, 0.2) is 0 Å². The van der Waals surface area contributed by atoms with Crippen molar-refractivity contribution in [1.29, 1.82) is 0 Å². The maximum Gasteiger partial charge on any atom is 0.253 e. The largest absolute Gasteiger partial charge is 0.388 e. The smallest absolute Gasteiger partial charge is 0.253 e. The first-order chi connectivity index (χ1) is 7.50. The lowest BCUT2D eigenvalue weighted by atomic mass is 9.96. The Bertz CT molecular complexity index is 284. The van der Waals surface area contributed by atoms with Crippen molar-refractivity contribution < 1.29 is 29.5 Å². The van der Waals surface area contributed by atoms with Gasteiger partial charge in [-0.3, -0.25) is 4.79 Å². The molecule has 5 atom stereocenters. The van der Waals surface area contributed by atoms with E-state index in [2.05, 4.69) is 15.1 Å². The van der Waals surface area contributed by atoms with Crippen LogP contribution in [0.1, 0.15) is 6.92 Å². The number of ether oxygens (including phenoxy) is 1. The summed E-state index contributed by atoms with van der Waals surface area (Å²) < 4.78 is 5.21. The number of aliphatic hydroxyl groups excluding tert-OH is 2. The molecule has 2 fully saturated rings. The fourth-order valence-corrected chi connectivity index (χ4v) is 1.72. The number of hydrogen-bond donors (Lipinski definition) is 4. The van der Waals surface area contributed by atoms with E-state index >= 15 is 0 Å². The van der Waals surface area contributed by atoms with Crippen molar-refractivity contribution in [2.75, 3.05) is 0 Å². The standard InChI is InChI=1S/C8H14N2O6/c1-2(11)10-3-4(12)5(13)6(8-15-16-8)14-7(3)9/h3-8,12-13H,9H2,1H3,(H,10,11)/t3-,4-,5+,6+,7-/m1/s1. The number of carbonyl (C=O) groups is 1. The molecule has 8 nitrogen and oxygen atoms in total. The van der Waals surface area contributed by atoms with E-state index in [1.165, 1.54) is 6.92 Å². The Morgan fingerprint density at radius 1 is 1.31 bits per heavy atom. The molecule has 0 radical (unpaired) electrons. The summed E-state index contributed by atoms with van der Waals surface area (Å²) in [5.74, 6) is -0.368. The molecule has 2 rings (SSSR count). The van der Waals surface area contributed by atoms with Gasteiger partial charge in [-0.1, -0.05) is 0 Å². The van der Waals surface area contributed by atoms with Gasteiger partial charge in [-0.2, -0.15) is 9.78 Å². The van der Waals surface area contributed by atoms with E-state index in [9.17, 15) is 15.0 Å². The van der Waals surface area contributed by atoms with E-state index in [1.54, 1.807) is 0 Å². The zero-order valence-electron chi connectivity index (χ0n) is 8.57. The van der Waals surface area contributed by atoms with E-state index in [1.807, 2.05) is 0 Å². The lowest BCUT2D eigenvalue weighted by molar-refractivity contribution is -0.191. The first-order valence-corrected chi connectivity index (χ1v) is 4.87. The van der Waals surface area contributed by atoms with Crippen LogP contribution in [-0.4, -0.2) is 53.0 Å². The lowest BCUT2D eigenvalue weighted by Gasteiger charge is -2.40. The zero-order valence-corrected chi connectivity index (χ0v) is 8.57. The summed E-state index contributed by atoms with van der Waals surface area (Å²) >= 11 is 0. The van der Waals surface area contributed by atoms with Crippen LogP contribution in [0.2, 0.25) is 0 Å². The predicted octanol–water partition coefficient (Wildman–Crippen LogP) is -2.82. The van der Waals surface area contributed by atoms with Gasteiger partial charge in [-0.25, -0.2) is 0 Å². The molecule has 5 N–H and O–H groups in total. The third kappa shape index (κ3) is 2.17. The zero-order chi connectivity index (χ0) is 11.9. The highest BCUT2D eigenvalue weighted by Gasteiger charge is 2.52. The fourth-order valence-electron chi connectivity index (χ4n) is 1.72. The van der Waals surface area contributed by atoms with Crippen molar-refractivity contribution >= 4 is 5.91 Å². The molecule has 0 aliphatic carbocycles. The number of hydrogen-bond acceptors (Lipinski definition) is 7. The molecule has 0 aromatic rings. The Morgan fingerprint density at radius 3 is 2.44 bits per heavy atom. The fraction of sp³-hybridized carbons (Fsp3) is 0.875. The summed E-state index contributed by atoms with van der Waals surface area (Å²) in [6, 6.07) is -0.859. The molecule has 8 heteroatoms. The minimum atomic E-state index is -1.23. The van der Waals surface area contributed by atoms with Crippen LogP contribution in [0.25, 0.3) is 0 Å². The van der Waals surface area contributed by atoms with Gasteiger partial charge in [0.05, 0.1) is 6.04 Å². The van der Waals surface area contributed by atoms with Crippen LogP contribution < -0.4 is 11.1 Å². The van der Waals surface area contributed by atoms with Gasteiger partial charge in [0.2, 0.25) is 5.91 Å². The molecule has 0 spiro atoms. The van der Waals surface area contributed by atoms with Crippen molar-refractivity contribution in [2.24, 2.45) is 5.73 Å². The Kier molecular flexibility index (Phi) is 3.10. The summed E-state index contributed by atoms with van der Waals surface area (Å²) in [5.41, 5.74) is 5.62. The maximum absolute atomic E-state index is 10.9. The third-order valence-corrected chi connectivity index (χ3v) is 2.57. The molecule has 0 aromatic heterocycles. The van der Waals surface area contributed by atoms with Crippen molar-refractivity contribution in [3.05, 3.63) is 0 Å². The summed E-state index contributed by atoms with van der Waals surface area (Å²) in [5, 5.41) is 21.9. The van der Waals surface area contributed by atoms with Gasteiger partial charge in [0, 0.05) is 6.92 Å². The van der Waals surface area contributed by atoms with Crippen molar-refractivity contribution in [1.82, 2.24) is 5.32 Å². The molecular weight excluding hydrogens is 220 g/mol. The van der Waals surface area contributed by atoms with E-state index in [0.29, 0.717) is 0 Å². The highest BCUT2D eigenvalue weighted by Crippen LogP contribution is 2.29. The van der Waals surface area contributed by atoms with Gasteiger partial charge >= 0.3 is 0 Å². The molecule has 92 valence electrons. The highest BCUT2D eigenvalue weighted by atomic mass is 17.4. The predicted molar refractivity (Wildman–Crippen MR) is 48.4 cm³/mol. The average molecular weight is 234 g/mol. The summed E-state index contributed by atoms with van der Waals surface area (Å²) in [7, 11) is 0. The van der Waals surface area contributed by atoms with Crippen molar-refractivity contribution in [3.8, 4) is 0 Å². The molecule has 0 bridgehead atoms. The van der Waals surface area contributed by atoms with Gasteiger partial charge in [-0.05, 0) is 0 Å². The van der Waals surface area contributed by atoms with E-state index in [-0.39, 0.29) is 5.91 Å². The number of nitrogens with two attached hydrogens (primary N) is 1. The van der Waals surface area contributed by atoms with Crippen LogP contribution in [0, 0.1) is 0 Å². The molecule has 0 aromatic carbocycles. The number of aliphatic hydroxyl groups is 2. The molecule has 2 aliphatic heterocycles. The summed E-state index contributed by atoms with van der Waals surface area (Å²) in [6.45, 7) is 1.28. The Morgan fingerprint density at radius 2 is 1.94 bits per heavy atom. The van der Waals surface area contributed by atoms with Crippen LogP contribution in [0.5, 0.6) is 0 Å². The second-order valence-electron chi connectivity index (χ2n) is 3.83. The number of amides is 1. The normalized spacial score (nSPS) is 44.1. The van der Waals surface area contributed by atoms with Crippen LogP contribution in [-0.2, 0) is 19.3 Å². The molecule has 16 heavy (non-hydrogen) atoms. The Balaban J connectivity index is 2.04. The number of nitrogens with one attached hydrogen (secondary N) is 1. The molecule has 0 unspecified atom stereocenters. The summed E-state index contributed by atoms with van der Waals surface area (Å²) in [4.78, 5) is 19.9.